The summed E-state index contributed by atoms with van der Waals surface area (Å²) in [5.74, 6) is 1.64. The number of carbonyl (C=O) groups excluding carboxylic acids is 1. The lowest BCUT2D eigenvalue weighted by Crippen LogP contribution is -2.47. The Balaban J connectivity index is 1.81. The van der Waals surface area contributed by atoms with Gasteiger partial charge in [-0.25, -0.2) is 4.79 Å². The number of nitrogens with zero attached hydrogens (tertiary/aromatic N) is 1. The number of nitrogens with one attached hydrogen (secondary N) is 1. The normalized spacial score (nSPS) is 29.1. The molecule has 1 aliphatic heterocycles. The van der Waals surface area contributed by atoms with Crippen molar-refractivity contribution in [2.75, 3.05) is 13.1 Å². The first-order valence-corrected chi connectivity index (χ1v) is 9.49. The van der Waals surface area contributed by atoms with Crippen molar-refractivity contribution in [2.24, 2.45) is 11.8 Å². The minimum absolute atomic E-state index is 0.148. The van der Waals surface area contributed by atoms with E-state index in [0.29, 0.717) is 12.1 Å². The minimum Gasteiger partial charge on any atom is -0.444 e. The van der Waals surface area contributed by atoms with Gasteiger partial charge in [0.15, 0.2) is 0 Å². The van der Waals surface area contributed by atoms with Crippen LogP contribution in [0.15, 0.2) is 0 Å². The van der Waals surface area contributed by atoms with E-state index in [4.69, 9.17) is 4.74 Å². The lowest BCUT2D eigenvalue weighted by atomic mass is 9.79. The Kier molecular flexibility index (Phi) is 6.35. The van der Waals surface area contributed by atoms with E-state index in [1.54, 1.807) is 0 Å². The highest BCUT2D eigenvalue weighted by atomic mass is 16.6. The van der Waals surface area contributed by atoms with Gasteiger partial charge in [-0.15, -0.1) is 0 Å². The Hall–Kier alpha value is -0.770. The largest absolute Gasteiger partial charge is 0.444 e. The molecule has 134 valence electrons. The highest BCUT2D eigenvalue weighted by Gasteiger charge is 2.33. The Morgan fingerprint density at radius 3 is 2.61 bits per heavy atom. The molecule has 1 amide bonds. The lowest BCUT2D eigenvalue weighted by Gasteiger charge is -2.34. The molecule has 3 atom stereocenters. The zero-order valence-corrected chi connectivity index (χ0v) is 15.7. The molecule has 2 rings (SSSR count). The Bertz CT molecular complexity index is 389. The fourth-order valence-electron chi connectivity index (χ4n) is 3.93. The number of rotatable bonds is 4. The Morgan fingerprint density at radius 2 is 1.96 bits per heavy atom. The van der Waals surface area contributed by atoms with Crippen LogP contribution >= 0.6 is 0 Å². The predicted molar refractivity (Wildman–Crippen MR) is 94.5 cm³/mol. The third-order valence-electron chi connectivity index (χ3n) is 5.30. The maximum atomic E-state index is 12.3. The quantitative estimate of drug-likeness (QED) is 0.843. The summed E-state index contributed by atoms with van der Waals surface area (Å²) in [6.07, 6.45) is 7.31. The van der Waals surface area contributed by atoms with Gasteiger partial charge in [-0.05, 0) is 58.3 Å². The van der Waals surface area contributed by atoms with E-state index in [1.165, 1.54) is 25.7 Å². The molecular weight excluding hydrogens is 288 g/mol. The molecule has 1 saturated carbocycles. The van der Waals surface area contributed by atoms with Crippen molar-refractivity contribution in [3.63, 3.8) is 0 Å². The van der Waals surface area contributed by atoms with Gasteiger partial charge in [0, 0.05) is 25.2 Å². The van der Waals surface area contributed by atoms with Crippen LogP contribution in [0.25, 0.3) is 0 Å². The van der Waals surface area contributed by atoms with Gasteiger partial charge in [-0.3, -0.25) is 0 Å². The smallest absolute Gasteiger partial charge is 0.410 e. The molecule has 0 bridgehead atoms. The zero-order chi connectivity index (χ0) is 17.0. The molecule has 2 aliphatic rings. The molecule has 1 aliphatic carbocycles. The molecule has 23 heavy (non-hydrogen) atoms. The zero-order valence-electron chi connectivity index (χ0n) is 15.7. The monoisotopic (exact) mass is 324 g/mol. The summed E-state index contributed by atoms with van der Waals surface area (Å²) in [7, 11) is 0. The van der Waals surface area contributed by atoms with Gasteiger partial charge < -0.3 is 15.0 Å². The van der Waals surface area contributed by atoms with Crippen LogP contribution in [0, 0.1) is 11.8 Å². The molecule has 0 spiro atoms. The van der Waals surface area contributed by atoms with Crippen molar-refractivity contribution in [3.05, 3.63) is 0 Å². The number of likely N-dealkylation sites (tertiary alicyclic amines) is 1. The number of ether oxygens (including phenoxy) is 1. The molecule has 0 radical (unpaired) electrons. The standard InChI is InChI=1S/C19H36N2O2/c1-14(2)15-8-6-9-16(12-15)20-13-17-10-7-11-21(17)18(22)23-19(3,4)5/h14-17,20H,6-13H2,1-5H3. The Labute approximate surface area is 142 Å². The topological polar surface area (TPSA) is 41.6 Å². The second-order valence-electron chi connectivity index (χ2n) is 8.75. The molecule has 4 heteroatoms. The summed E-state index contributed by atoms with van der Waals surface area (Å²) < 4.78 is 5.55. The molecular formula is C19H36N2O2. The van der Waals surface area contributed by atoms with Crippen molar-refractivity contribution in [1.29, 1.82) is 0 Å². The van der Waals surface area contributed by atoms with Gasteiger partial charge >= 0.3 is 6.09 Å². The second kappa shape index (κ2) is 7.87. The van der Waals surface area contributed by atoms with Gasteiger partial charge in [-0.2, -0.15) is 0 Å². The van der Waals surface area contributed by atoms with E-state index >= 15 is 0 Å². The minimum atomic E-state index is -0.411. The molecule has 0 aromatic rings. The first kappa shape index (κ1) is 18.6. The van der Waals surface area contributed by atoms with Crippen LogP contribution in [0.3, 0.4) is 0 Å². The average molecular weight is 325 g/mol. The van der Waals surface area contributed by atoms with Crippen LogP contribution in [-0.4, -0.2) is 41.8 Å². The lowest BCUT2D eigenvalue weighted by molar-refractivity contribution is 0.0223. The van der Waals surface area contributed by atoms with Gasteiger partial charge in [0.1, 0.15) is 5.60 Å². The molecule has 0 aromatic carbocycles. The Morgan fingerprint density at radius 1 is 1.22 bits per heavy atom. The molecule has 0 aromatic heterocycles. The van der Waals surface area contributed by atoms with Crippen LogP contribution < -0.4 is 5.32 Å². The molecule has 2 fully saturated rings. The summed E-state index contributed by atoms with van der Waals surface area (Å²) in [4.78, 5) is 14.3. The fourth-order valence-corrected chi connectivity index (χ4v) is 3.93. The first-order chi connectivity index (χ1) is 10.8. The highest BCUT2D eigenvalue weighted by Crippen LogP contribution is 2.30. The molecule has 1 heterocycles. The third kappa shape index (κ3) is 5.66. The fraction of sp³-hybridized carbons (Fsp3) is 0.947. The van der Waals surface area contributed by atoms with E-state index < -0.39 is 5.60 Å². The first-order valence-electron chi connectivity index (χ1n) is 9.49. The van der Waals surface area contributed by atoms with Crippen molar-refractivity contribution >= 4 is 6.09 Å². The molecule has 1 saturated heterocycles. The van der Waals surface area contributed by atoms with E-state index in [1.807, 2.05) is 25.7 Å². The van der Waals surface area contributed by atoms with E-state index in [-0.39, 0.29) is 6.09 Å². The number of hydrogen-bond acceptors (Lipinski definition) is 3. The number of hydrogen-bond donors (Lipinski definition) is 1. The SMILES string of the molecule is CC(C)C1CCCC(NCC2CCCN2C(=O)OC(C)(C)C)C1. The second-order valence-corrected chi connectivity index (χ2v) is 8.75. The molecule has 3 unspecified atom stereocenters. The average Bonchev–Trinajstić information content (AvgIpc) is 2.92. The van der Waals surface area contributed by atoms with E-state index in [9.17, 15) is 4.79 Å². The molecule has 1 N–H and O–H groups in total. The summed E-state index contributed by atoms with van der Waals surface area (Å²) >= 11 is 0. The third-order valence-corrected chi connectivity index (χ3v) is 5.30. The maximum Gasteiger partial charge on any atom is 0.410 e. The predicted octanol–water partition coefficient (Wildman–Crippen LogP) is 4.19. The van der Waals surface area contributed by atoms with Crippen molar-refractivity contribution in [3.8, 4) is 0 Å². The van der Waals surface area contributed by atoms with Gasteiger partial charge in [0.2, 0.25) is 0 Å². The van der Waals surface area contributed by atoms with Crippen LogP contribution in [-0.2, 0) is 4.74 Å². The summed E-state index contributed by atoms with van der Waals surface area (Å²) in [5, 5.41) is 3.75. The van der Waals surface area contributed by atoms with Crippen LogP contribution in [0.2, 0.25) is 0 Å². The number of amides is 1. The van der Waals surface area contributed by atoms with Crippen molar-refractivity contribution in [1.82, 2.24) is 10.2 Å². The van der Waals surface area contributed by atoms with Crippen LogP contribution in [0.4, 0.5) is 4.79 Å². The maximum absolute atomic E-state index is 12.3. The van der Waals surface area contributed by atoms with E-state index in [2.05, 4.69) is 19.2 Å². The molecule has 4 nitrogen and oxygen atoms in total. The summed E-state index contributed by atoms with van der Waals surface area (Å²) in [6, 6.07) is 0.918. The van der Waals surface area contributed by atoms with Crippen LogP contribution in [0.1, 0.15) is 73.1 Å². The van der Waals surface area contributed by atoms with Gasteiger partial charge in [-0.1, -0.05) is 26.7 Å². The van der Waals surface area contributed by atoms with Gasteiger partial charge in [0.05, 0.1) is 0 Å². The number of carbonyl (C=O) groups is 1. The van der Waals surface area contributed by atoms with E-state index in [0.717, 1.165) is 37.8 Å². The van der Waals surface area contributed by atoms with Crippen molar-refractivity contribution in [2.45, 2.75) is 90.8 Å². The van der Waals surface area contributed by atoms with Crippen LogP contribution in [0.5, 0.6) is 0 Å². The summed E-state index contributed by atoms with van der Waals surface area (Å²) in [5.41, 5.74) is -0.411. The highest BCUT2D eigenvalue weighted by molar-refractivity contribution is 5.69. The summed E-state index contributed by atoms with van der Waals surface area (Å²) in [6.45, 7) is 12.2. The van der Waals surface area contributed by atoms with Crippen molar-refractivity contribution < 1.29 is 9.53 Å². The van der Waals surface area contributed by atoms with Gasteiger partial charge in [0.25, 0.3) is 0 Å².